The summed E-state index contributed by atoms with van der Waals surface area (Å²) >= 11 is 0. The molecule has 0 spiro atoms. The molecule has 2 rings (SSSR count). The smallest absolute Gasteiger partial charge is 0.220 e. The van der Waals surface area contributed by atoms with Gasteiger partial charge in [0.05, 0.1) is 13.2 Å². The van der Waals surface area contributed by atoms with E-state index in [2.05, 4.69) is 10.6 Å². The van der Waals surface area contributed by atoms with Crippen molar-refractivity contribution in [3.05, 3.63) is 29.6 Å². The molecule has 0 aliphatic carbocycles. The molecule has 0 radical (unpaired) electrons. The zero-order chi connectivity index (χ0) is 15.2. The highest BCUT2D eigenvalue weighted by Crippen LogP contribution is 2.22. The summed E-state index contributed by atoms with van der Waals surface area (Å²) in [5.41, 5.74) is 0.739. The third kappa shape index (κ3) is 4.43. The van der Waals surface area contributed by atoms with Crippen LogP contribution in [0.3, 0.4) is 0 Å². The van der Waals surface area contributed by atoms with Crippen molar-refractivity contribution in [1.29, 1.82) is 0 Å². The third-order valence-electron chi connectivity index (χ3n) is 3.93. The summed E-state index contributed by atoms with van der Waals surface area (Å²) in [5, 5.41) is 6.24. The fourth-order valence-electron chi connectivity index (χ4n) is 2.70. The minimum atomic E-state index is -0.410. The molecule has 1 heterocycles. The molecule has 1 aromatic rings. The number of nitrogens with one attached hydrogen (secondary N) is 2. The zero-order valence-corrected chi connectivity index (χ0v) is 12.6. The van der Waals surface area contributed by atoms with Crippen molar-refractivity contribution in [2.75, 3.05) is 20.2 Å². The SMILES string of the molecule is COc1ccc(C(C)NC(=O)CC2CCCNC2)cc1F. The van der Waals surface area contributed by atoms with Crippen LogP contribution in [0.15, 0.2) is 18.2 Å². The van der Waals surface area contributed by atoms with Crippen LogP contribution in [0, 0.1) is 11.7 Å². The topological polar surface area (TPSA) is 50.4 Å². The second-order valence-corrected chi connectivity index (χ2v) is 5.60. The van der Waals surface area contributed by atoms with E-state index < -0.39 is 5.82 Å². The minimum absolute atomic E-state index is 0.0208. The van der Waals surface area contributed by atoms with Crippen LogP contribution in [0.4, 0.5) is 4.39 Å². The Hall–Kier alpha value is -1.62. The molecule has 116 valence electrons. The molecule has 2 unspecified atom stereocenters. The molecule has 0 saturated carbocycles. The molecule has 1 saturated heterocycles. The standard InChI is InChI=1S/C16H23FN2O2/c1-11(13-5-6-15(21-2)14(17)9-13)19-16(20)8-12-4-3-7-18-10-12/h5-6,9,11-12,18H,3-4,7-8,10H2,1-2H3,(H,19,20). The van der Waals surface area contributed by atoms with Crippen LogP contribution in [0.1, 0.15) is 37.8 Å². The second kappa shape index (κ2) is 7.41. The molecular weight excluding hydrogens is 271 g/mol. The van der Waals surface area contributed by atoms with Gasteiger partial charge >= 0.3 is 0 Å². The predicted octanol–water partition coefficient (Wildman–Crippen LogP) is 2.40. The van der Waals surface area contributed by atoms with Crippen molar-refractivity contribution in [2.45, 2.75) is 32.2 Å². The quantitative estimate of drug-likeness (QED) is 0.877. The summed E-state index contributed by atoms with van der Waals surface area (Å²) < 4.78 is 18.6. The molecular formula is C16H23FN2O2. The lowest BCUT2D eigenvalue weighted by Gasteiger charge is -2.23. The highest BCUT2D eigenvalue weighted by molar-refractivity contribution is 5.76. The third-order valence-corrected chi connectivity index (χ3v) is 3.93. The van der Waals surface area contributed by atoms with Gasteiger partial charge in [-0.25, -0.2) is 4.39 Å². The molecule has 0 aromatic heterocycles. The maximum Gasteiger partial charge on any atom is 0.220 e. The number of amides is 1. The Morgan fingerprint density at radius 1 is 1.57 bits per heavy atom. The van der Waals surface area contributed by atoms with E-state index in [1.54, 1.807) is 12.1 Å². The van der Waals surface area contributed by atoms with Crippen LogP contribution in [-0.2, 0) is 4.79 Å². The average molecular weight is 294 g/mol. The van der Waals surface area contributed by atoms with E-state index in [1.165, 1.54) is 13.2 Å². The van der Waals surface area contributed by atoms with Gasteiger partial charge in [0.2, 0.25) is 5.91 Å². The summed E-state index contributed by atoms with van der Waals surface area (Å²) in [5.74, 6) is 0.226. The number of carbonyl (C=O) groups excluding carboxylic acids is 1. The predicted molar refractivity (Wildman–Crippen MR) is 79.7 cm³/mol. The zero-order valence-electron chi connectivity index (χ0n) is 12.6. The molecule has 1 aromatic carbocycles. The number of methoxy groups -OCH3 is 1. The lowest BCUT2D eigenvalue weighted by Crippen LogP contribution is -2.35. The molecule has 4 nitrogen and oxygen atoms in total. The van der Waals surface area contributed by atoms with Gasteiger partial charge < -0.3 is 15.4 Å². The fourth-order valence-corrected chi connectivity index (χ4v) is 2.70. The summed E-state index contributed by atoms with van der Waals surface area (Å²) in [4.78, 5) is 12.0. The number of rotatable bonds is 5. The second-order valence-electron chi connectivity index (χ2n) is 5.60. The number of benzene rings is 1. The molecule has 1 fully saturated rings. The maximum absolute atomic E-state index is 13.7. The number of hydrogen-bond donors (Lipinski definition) is 2. The molecule has 0 bridgehead atoms. The van der Waals surface area contributed by atoms with E-state index >= 15 is 0 Å². The first-order valence-electron chi connectivity index (χ1n) is 7.43. The van der Waals surface area contributed by atoms with Gasteiger partial charge in [-0.15, -0.1) is 0 Å². The minimum Gasteiger partial charge on any atom is -0.494 e. The van der Waals surface area contributed by atoms with E-state index in [9.17, 15) is 9.18 Å². The summed E-state index contributed by atoms with van der Waals surface area (Å²) in [6.45, 7) is 3.80. The van der Waals surface area contributed by atoms with E-state index in [4.69, 9.17) is 4.74 Å². The lowest BCUT2D eigenvalue weighted by molar-refractivity contribution is -0.122. The van der Waals surface area contributed by atoms with Gasteiger partial charge in [-0.05, 0) is 56.5 Å². The van der Waals surface area contributed by atoms with Gasteiger partial charge in [0.15, 0.2) is 11.6 Å². The number of hydrogen-bond acceptors (Lipinski definition) is 3. The van der Waals surface area contributed by atoms with Gasteiger partial charge in [0, 0.05) is 6.42 Å². The van der Waals surface area contributed by atoms with Crippen molar-refractivity contribution in [2.24, 2.45) is 5.92 Å². The van der Waals surface area contributed by atoms with Crippen molar-refractivity contribution >= 4 is 5.91 Å². The fraction of sp³-hybridized carbons (Fsp3) is 0.562. The maximum atomic E-state index is 13.7. The van der Waals surface area contributed by atoms with Crippen LogP contribution >= 0.6 is 0 Å². The van der Waals surface area contributed by atoms with Gasteiger partial charge in [-0.1, -0.05) is 6.07 Å². The summed E-state index contributed by atoms with van der Waals surface area (Å²) in [6, 6.07) is 4.55. The molecule has 1 amide bonds. The summed E-state index contributed by atoms with van der Waals surface area (Å²) in [6.07, 6.45) is 2.74. The highest BCUT2D eigenvalue weighted by atomic mass is 19.1. The first kappa shape index (κ1) is 15.8. The van der Waals surface area contributed by atoms with E-state index in [1.807, 2.05) is 6.92 Å². The van der Waals surface area contributed by atoms with Crippen LogP contribution < -0.4 is 15.4 Å². The Morgan fingerprint density at radius 3 is 3.00 bits per heavy atom. The molecule has 21 heavy (non-hydrogen) atoms. The molecule has 1 aliphatic heterocycles. The monoisotopic (exact) mass is 294 g/mol. The Balaban J connectivity index is 1.89. The molecule has 5 heteroatoms. The molecule has 1 aliphatic rings. The first-order chi connectivity index (χ1) is 10.1. The van der Waals surface area contributed by atoms with Gasteiger partial charge in [0.25, 0.3) is 0 Å². The normalized spacial score (nSPS) is 19.9. The Kier molecular flexibility index (Phi) is 5.56. The summed E-state index contributed by atoms with van der Waals surface area (Å²) in [7, 11) is 1.43. The van der Waals surface area contributed by atoms with Crippen LogP contribution in [0.25, 0.3) is 0 Å². The van der Waals surface area contributed by atoms with Crippen LogP contribution in [0.5, 0.6) is 5.75 Å². The Labute approximate surface area is 125 Å². The van der Waals surface area contributed by atoms with Crippen LogP contribution in [-0.4, -0.2) is 26.1 Å². The van der Waals surface area contributed by atoms with E-state index in [0.29, 0.717) is 12.3 Å². The van der Waals surface area contributed by atoms with Crippen molar-refractivity contribution in [3.8, 4) is 5.75 Å². The van der Waals surface area contributed by atoms with E-state index in [-0.39, 0.29) is 17.7 Å². The van der Waals surface area contributed by atoms with E-state index in [0.717, 1.165) is 31.5 Å². The largest absolute Gasteiger partial charge is 0.494 e. The molecule has 2 atom stereocenters. The number of carbonyl (C=O) groups is 1. The lowest BCUT2D eigenvalue weighted by atomic mass is 9.95. The number of ether oxygens (including phenoxy) is 1. The van der Waals surface area contributed by atoms with Crippen LogP contribution in [0.2, 0.25) is 0 Å². The first-order valence-corrected chi connectivity index (χ1v) is 7.43. The van der Waals surface area contributed by atoms with Gasteiger partial charge in [0.1, 0.15) is 0 Å². The Bertz CT molecular complexity index is 487. The van der Waals surface area contributed by atoms with Crippen molar-refractivity contribution in [1.82, 2.24) is 10.6 Å². The average Bonchev–Trinajstić information content (AvgIpc) is 2.48. The number of halogens is 1. The van der Waals surface area contributed by atoms with Gasteiger partial charge in [-0.3, -0.25) is 4.79 Å². The highest BCUT2D eigenvalue weighted by Gasteiger charge is 2.18. The van der Waals surface area contributed by atoms with Crippen molar-refractivity contribution in [3.63, 3.8) is 0 Å². The molecule has 2 N–H and O–H groups in total. The van der Waals surface area contributed by atoms with Crippen molar-refractivity contribution < 1.29 is 13.9 Å². The van der Waals surface area contributed by atoms with Gasteiger partial charge in [-0.2, -0.15) is 0 Å². The Morgan fingerprint density at radius 2 is 2.38 bits per heavy atom. The number of piperidine rings is 1.